The summed E-state index contributed by atoms with van der Waals surface area (Å²) < 4.78 is 10.8. The molecule has 0 amide bonds. The molecule has 0 spiro atoms. The fourth-order valence-electron chi connectivity index (χ4n) is 6.58. The third kappa shape index (κ3) is 7.27. The highest BCUT2D eigenvalue weighted by Crippen LogP contribution is 2.38. The van der Waals surface area contributed by atoms with E-state index in [2.05, 4.69) is 130 Å². The summed E-state index contributed by atoms with van der Waals surface area (Å²) in [5.41, 5.74) is 14.0. The lowest BCUT2D eigenvalue weighted by Gasteiger charge is -2.26. The highest BCUT2D eigenvalue weighted by Gasteiger charge is 2.14. The van der Waals surface area contributed by atoms with Crippen LogP contribution >= 0.6 is 0 Å². The van der Waals surface area contributed by atoms with Crippen molar-refractivity contribution in [3.05, 3.63) is 188 Å². The van der Waals surface area contributed by atoms with Gasteiger partial charge < -0.3 is 14.4 Å². The van der Waals surface area contributed by atoms with Gasteiger partial charge in [-0.15, -0.1) is 0 Å². The first-order chi connectivity index (χ1) is 26.1. The minimum atomic E-state index is 0.819. The molecule has 0 fully saturated rings. The molecule has 0 saturated carbocycles. The topological polar surface area (TPSA) is 47.5 Å². The predicted molar refractivity (Wildman–Crippen MR) is 217 cm³/mol. The lowest BCUT2D eigenvalue weighted by molar-refractivity contribution is 0.415. The molecule has 8 aromatic rings. The van der Waals surface area contributed by atoms with Gasteiger partial charge >= 0.3 is 0 Å². The van der Waals surface area contributed by atoms with Gasteiger partial charge in [-0.05, 0) is 137 Å². The Bertz CT molecular complexity index is 2310. The van der Waals surface area contributed by atoms with Gasteiger partial charge in [-0.1, -0.05) is 72.8 Å². The molecule has 2 heterocycles. The smallest absolute Gasteiger partial charge is 0.119 e. The van der Waals surface area contributed by atoms with Crippen molar-refractivity contribution in [3.63, 3.8) is 0 Å². The molecular weight excluding hydrogens is 651 g/mol. The largest absolute Gasteiger partial charge is 0.497 e. The summed E-state index contributed by atoms with van der Waals surface area (Å²) in [5.74, 6) is 1.64. The Morgan fingerprint density at radius 3 is 1.00 bits per heavy atom. The molecule has 0 N–H and O–H groups in total. The van der Waals surface area contributed by atoms with Crippen LogP contribution in [0.15, 0.2) is 188 Å². The van der Waals surface area contributed by atoms with E-state index >= 15 is 0 Å². The van der Waals surface area contributed by atoms with Crippen molar-refractivity contribution in [2.75, 3.05) is 19.1 Å². The fourth-order valence-corrected chi connectivity index (χ4v) is 6.58. The molecule has 0 aliphatic rings. The lowest BCUT2D eigenvalue weighted by Crippen LogP contribution is -2.09. The number of hydrogen-bond acceptors (Lipinski definition) is 5. The molecule has 256 valence electrons. The van der Waals surface area contributed by atoms with Crippen LogP contribution in [0.25, 0.3) is 55.9 Å². The van der Waals surface area contributed by atoms with Crippen LogP contribution in [0.2, 0.25) is 0 Å². The first-order valence-electron chi connectivity index (χ1n) is 17.5. The first-order valence-corrected chi connectivity index (χ1v) is 17.5. The van der Waals surface area contributed by atoms with Gasteiger partial charge in [0.15, 0.2) is 0 Å². The zero-order chi connectivity index (χ0) is 36.0. The Morgan fingerprint density at radius 2 is 0.660 bits per heavy atom. The molecule has 53 heavy (non-hydrogen) atoms. The second kappa shape index (κ2) is 15.1. The van der Waals surface area contributed by atoms with E-state index in [1.165, 1.54) is 5.56 Å². The fraction of sp³-hybridized carbons (Fsp3) is 0.0417. The highest BCUT2D eigenvalue weighted by atomic mass is 16.5. The van der Waals surface area contributed by atoms with Crippen molar-refractivity contribution in [1.82, 2.24) is 9.97 Å². The van der Waals surface area contributed by atoms with Crippen molar-refractivity contribution in [1.29, 1.82) is 0 Å². The maximum Gasteiger partial charge on any atom is 0.119 e. The molecular formula is C48H37N3O2. The number of aromatic nitrogens is 2. The van der Waals surface area contributed by atoms with Gasteiger partial charge in [0.25, 0.3) is 0 Å². The Kier molecular flexibility index (Phi) is 9.45. The second-order valence-corrected chi connectivity index (χ2v) is 12.7. The van der Waals surface area contributed by atoms with Gasteiger partial charge in [0.2, 0.25) is 0 Å². The number of methoxy groups -OCH3 is 2. The van der Waals surface area contributed by atoms with Crippen molar-refractivity contribution in [3.8, 4) is 67.4 Å². The Labute approximate surface area is 310 Å². The Balaban J connectivity index is 1.04. The van der Waals surface area contributed by atoms with Crippen LogP contribution in [-0.2, 0) is 0 Å². The Hall–Kier alpha value is -6.98. The molecule has 0 bridgehead atoms. The van der Waals surface area contributed by atoms with E-state index in [9.17, 15) is 0 Å². The van der Waals surface area contributed by atoms with Gasteiger partial charge in [-0.2, -0.15) is 0 Å². The summed E-state index contributed by atoms with van der Waals surface area (Å²) in [4.78, 5) is 11.5. The Morgan fingerprint density at radius 1 is 0.340 bits per heavy atom. The van der Waals surface area contributed by atoms with E-state index in [1.54, 1.807) is 14.2 Å². The molecule has 0 radical (unpaired) electrons. The van der Waals surface area contributed by atoms with E-state index in [4.69, 9.17) is 9.47 Å². The summed E-state index contributed by atoms with van der Waals surface area (Å²) in [5, 5.41) is 0. The van der Waals surface area contributed by atoms with E-state index in [0.29, 0.717) is 0 Å². The summed E-state index contributed by atoms with van der Waals surface area (Å²) in [6, 6.07) is 61.0. The minimum absolute atomic E-state index is 0.819. The monoisotopic (exact) mass is 687 g/mol. The van der Waals surface area contributed by atoms with Crippen LogP contribution in [0.5, 0.6) is 11.5 Å². The number of anilines is 3. The molecule has 6 aromatic carbocycles. The average molecular weight is 688 g/mol. The number of hydrogen-bond donors (Lipinski definition) is 0. The third-order valence-electron chi connectivity index (χ3n) is 9.41. The number of pyridine rings is 2. The van der Waals surface area contributed by atoms with E-state index in [1.807, 2.05) is 73.1 Å². The van der Waals surface area contributed by atoms with Crippen LogP contribution in [0.4, 0.5) is 17.1 Å². The summed E-state index contributed by atoms with van der Waals surface area (Å²) >= 11 is 0. The van der Waals surface area contributed by atoms with Crippen molar-refractivity contribution >= 4 is 17.1 Å². The highest BCUT2D eigenvalue weighted by molar-refractivity contribution is 5.82. The molecule has 0 atom stereocenters. The van der Waals surface area contributed by atoms with Crippen LogP contribution in [0.1, 0.15) is 0 Å². The van der Waals surface area contributed by atoms with E-state index < -0.39 is 0 Å². The lowest BCUT2D eigenvalue weighted by atomic mass is 9.94. The molecule has 5 nitrogen and oxygen atoms in total. The summed E-state index contributed by atoms with van der Waals surface area (Å²) in [7, 11) is 3.37. The third-order valence-corrected chi connectivity index (χ3v) is 9.41. The van der Waals surface area contributed by atoms with Crippen molar-refractivity contribution in [2.24, 2.45) is 0 Å². The van der Waals surface area contributed by atoms with Crippen LogP contribution in [0, 0.1) is 0 Å². The number of nitrogens with zero attached hydrogens (tertiary/aromatic N) is 3. The van der Waals surface area contributed by atoms with Gasteiger partial charge in [-0.3, -0.25) is 9.97 Å². The number of rotatable bonds is 10. The molecule has 5 heteroatoms. The van der Waals surface area contributed by atoms with Crippen molar-refractivity contribution in [2.45, 2.75) is 0 Å². The standard InChI is InChI=1S/C48H37N3O2/c1-52-45-25-21-43(22-26-45)51(44-23-27-46(53-2)28-24-44)42-19-17-37(18-20-42)36-11-9-34(10-12-36)35-13-15-38(16-14-35)39-31-40(47-7-3-5-29-49-47)33-41(32-39)48-8-4-6-30-50-48/h3-33H,1-2H3. The SMILES string of the molecule is COc1ccc(N(c2ccc(OC)cc2)c2ccc(-c3ccc(-c4ccc(-c5cc(-c6ccccn6)cc(-c6ccccn6)c5)cc4)cc3)cc2)cc1. The molecule has 0 aliphatic heterocycles. The van der Waals surface area contributed by atoms with Gasteiger partial charge in [-0.25, -0.2) is 0 Å². The zero-order valence-electron chi connectivity index (χ0n) is 29.6. The van der Waals surface area contributed by atoms with Gasteiger partial charge in [0, 0.05) is 40.6 Å². The first kappa shape index (κ1) is 33.2. The maximum absolute atomic E-state index is 5.41. The van der Waals surface area contributed by atoms with Crippen molar-refractivity contribution < 1.29 is 9.47 Å². The minimum Gasteiger partial charge on any atom is -0.497 e. The zero-order valence-corrected chi connectivity index (χ0v) is 29.6. The second-order valence-electron chi connectivity index (χ2n) is 12.7. The number of ether oxygens (including phenoxy) is 2. The van der Waals surface area contributed by atoms with Crippen LogP contribution in [0.3, 0.4) is 0 Å². The maximum atomic E-state index is 5.41. The predicted octanol–water partition coefficient (Wildman–Crippen LogP) is 12.3. The van der Waals surface area contributed by atoms with Crippen LogP contribution in [-0.4, -0.2) is 24.2 Å². The molecule has 0 unspecified atom stereocenters. The molecule has 0 aliphatic carbocycles. The van der Waals surface area contributed by atoms with Gasteiger partial charge in [0.05, 0.1) is 25.6 Å². The van der Waals surface area contributed by atoms with E-state index in [-0.39, 0.29) is 0 Å². The quantitative estimate of drug-likeness (QED) is 0.143. The number of benzene rings is 6. The summed E-state index contributed by atoms with van der Waals surface area (Å²) in [6.07, 6.45) is 3.66. The normalized spacial score (nSPS) is 10.8. The molecule has 2 aromatic heterocycles. The molecule has 8 rings (SSSR count). The average Bonchev–Trinajstić information content (AvgIpc) is 3.25. The summed E-state index contributed by atoms with van der Waals surface area (Å²) in [6.45, 7) is 0. The van der Waals surface area contributed by atoms with Gasteiger partial charge in [0.1, 0.15) is 11.5 Å². The van der Waals surface area contributed by atoms with Crippen LogP contribution < -0.4 is 14.4 Å². The molecule has 0 saturated heterocycles. The van der Waals surface area contributed by atoms with E-state index in [0.717, 1.165) is 78.9 Å².